The van der Waals surface area contributed by atoms with E-state index in [0.717, 1.165) is 44.7 Å². The minimum absolute atomic E-state index is 0.884. The molecule has 7 aromatic carbocycles. The van der Waals surface area contributed by atoms with E-state index in [1.54, 1.807) is 0 Å². The lowest BCUT2D eigenvalue weighted by atomic mass is 9.96. The highest BCUT2D eigenvalue weighted by Crippen LogP contribution is 2.40. The van der Waals surface area contributed by atoms with Crippen molar-refractivity contribution in [2.45, 2.75) is 0 Å². The quantitative estimate of drug-likeness (QED) is 0.204. The number of benzene rings is 7. The van der Waals surface area contributed by atoms with E-state index in [0.29, 0.717) is 0 Å². The lowest BCUT2D eigenvalue weighted by Crippen LogP contribution is -1.96. The van der Waals surface area contributed by atoms with Crippen LogP contribution in [0.5, 0.6) is 0 Å². The normalized spacial score (nSPS) is 11.6. The van der Waals surface area contributed by atoms with E-state index >= 15 is 0 Å². The van der Waals surface area contributed by atoms with Crippen molar-refractivity contribution in [3.05, 3.63) is 158 Å². The van der Waals surface area contributed by atoms with Gasteiger partial charge in [0.15, 0.2) is 0 Å². The van der Waals surface area contributed by atoms with E-state index in [2.05, 4.69) is 152 Å². The Morgan fingerprint density at radius 2 is 1.04 bits per heavy atom. The van der Waals surface area contributed by atoms with Crippen LogP contribution >= 0.6 is 11.3 Å². The van der Waals surface area contributed by atoms with Crippen LogP contribution < -0.4 is 0 Å². The zero-order valence-corrected chi connectivity index (χ0v) is 25.1. The molecule has 3 heteroatoms. The van der Waals surface area contributed by atoms with Crippen molar-refractivity contribution in [3.63, 3.8) is 0 Å². The van der Waals surface area contributed by atoms with Gasteiger partial charge in [0.25, 0.3) is 0 Å². The number of thiophene rings is 1. The van der Waals surface area contributed by atoms with Gasteiger partial charge in [-0.2, -0.15) is 0 Å². The molecular formula is C42H26N2S. The van der Waals surface area contributed by atoms with E-state index < -0.39 is 0 Å². The molecule has 2 heterocycles. The standard InChI is InChI=1S/C42H26N2S/c1-2-10-30(11-3-1)41-42(33-22-19-27-9-4-5-12-31(27)25-33)43-36-24-23-32(26-37(36)44-41)28-17-20-29(21-18-28)34-14-8-16-39-40(34)35-13-6-7-15-38(35)45-39/h1-26H. The maximum absolute atomic E-state index is 5.25. The molecule has 0 aliphatic rings. The largest absolute Gasteiger partial charge is 0.244 e. The first-order chi connectivity index (χ1) is 22.3. The van der Waals surface area contributed by atoms with Gasteiger partial charge in [-0.3, -0.25) is 0 Å². The van der Waals surface area contributed by atoms with Crippen LogP contribution in [0, 0.1) is 0 Å². The Bertz CT molecular complexity index is 2530. The van der Waals surface area contributed by atoms with Crippen LogP contribution in [-0.4, -0.2) is 9.97 Å². The predicted octanol–water partition coefficient (Wildman–Crippen LogP) is 11.8. The smallest absolute Gasteiger partial charge is 0.0973 e. The minimum atomic E-state index is 0.884. The van der Waals surface area contributed by atoms with E-state index in [1.807, 2.05) is 17.4 Å². The van der Waals surface area contributed by atoms with Crippen LogP contribution in [0.2, 0.25) is 0 Å². The molecule has 210 valence electrons. The van der Waals surface area contributed by atoms with Gasteiger partial charge in [0.05, 0.1) is 22.4 Å². The molecule has 2 nitrogen and oxygen atoms in total. The predicted molar refractivity (Wildman–Crippen MR) is 192 cm³/mol. The molecule has 2 aromatic heterocycles. The molecule has 0 aliphatic heterocycles. The molecule has 0 unspecified atom stereocenters. The monoisotopic (exact) mass is 590 g/mol. The first-order valence-corrected chi connectivity index (χ1v) is 16.0. The molecule has 0 N–H and O–H groups in total. The van der Waals surface area contributed by atoms with E-state index in [1.165, 1.54) is 42.1 Å². The van der Waals surface area contributed by atoms with Crippen LogP contribution in [0.4, 0.5) is 0 Å². The summed E-state index contributed by atoms with van der Waals surface area (Å²) >= 11 is 1.86. The summed E-state index contributed by atoms with van der Waals surface area (Å²) in [6, 6.07) is 56.0. The van der Waals surface area contributed by atoms with Gasteiger partial charge in [0, 0.05) is 31.3 Å². The molecule has 0 saturated carbocycles. The summed E-state index contributed by atoms with van der Waals surface area (Å²) < 4.78 is 2.65. The summed E-state index contributed by atoms with van der Waals surface area (Å²) in [7, 11) is 0. The fourth-order valence-electron chi connectivity index (χ4n) is 6.43. The van der Waals surface area contributed by atoms with Gasteiger partial charge < -0.3 is 0 Å². The minimum Gasteiger partial charge on any atom is -0.244 e. The van der Waals surface area contributed by atoms with Gasteiger partial charge >= 0.3 is 0 Å². The molecule has 0 saturated heterocycles. The average Bonchev–Trinajstić information content (AvgIpc) is 3.50. The highest BCUT2D eigenvalue weighted by molar-refractivity contribution is 7.25. The highest BCUT2D eigenvalue weighted by Gasteiger charge is 2.15. The summed E-state index contributed by atoms with van der Waals surface area (Å²) in [6.07, 6.45) is 0. The molecular weight excluding hydrogens is 565 g/mol. The SMILES string of the molecule is c1ccc(-c2nc3cc(-c4ccc(-c5cccc6sc7ccccc7c56)cc4)ccc3nc2-c2ccc3ccccc3c2)cc1. The Kier molecular flexibility index (Phi) is 6.03. The molecule has 0 bridgehead atoms. The molecule has 0 atom stereocenters. The Hall–Kier alpha value is -5.64. The third kappa shape index (κ3) is 4.48. The third-order valence-electron chi connectivity index (χ3n) is 8.67. The summed E-state index contributed by atoms with van der Waals surface area (Å²) in [5.41, 5.74) is 10.5. The summed E-state index contributed by atoms with van der Waals surface area (Å²) in [6.45, 7) is 0. The second-order valence-electron chi connectivity index (χ2n) is 11.4. The Morgan fingerprint density at radius 3 is 1.93 bits per heavy atom. The summed E-state index contributed by atoms with van der Waals surface area (Å²) in [5, 5.41) is 5.07. The van der Waals surface area contributed by atoms with Crippen molar-refractivity contribution in [3.8, 4) is 44.8 Å². The van der Waals surface area contributed by atoms with Crippen LogP contribution in [0.1, 0.15) is 0 Å². The second kappa shape index (κ2) is 10.5. The number of fused-ring (bicyclic) bond motifs is 5. The van der Waals surface area contributed by atoms with Crippen molar-refractivity contribution in [1.82, 2.24) is 9.97 Å². The first kappa shape index (κ1) is 25.8. The van der Waals surface area contributed by atoms with E-state index in [-0.39, 0.29) is 0 Å². The molecule has 0 radical (unpaired) electrons. The lowest BCUT2D eigenvalue weighted by Gasteiger charge is -2.12. The van der Waals surface area contributed by atoms with Gasteiger partial charge in [0.2, 0.25) is 0 Å². The number of nitrogens with zero attached hydrogens (tertiary/aromatic N) is 2. The molecule has 9 aromatic rings. The zero-order chi connectivity index (χ0) is 29.7. The lowest BCUT2D eigenvalue weighted by molar-refractivity contribution is 1.29. The van der Waals surface area contributed by atoms with E-state index in [4.69, 9.17) is 9.97 Å². The molecule has 9 rings (SSSR count). The number of rotatable bonds is 4. The molecule has 0 fully saturated rings. The van der Waals surface area contributed by atoms with Crippen molar-refractivity contribution in [1.29, 1.82) is 0 Å². The van der Waals surface area contributed by atoms with E-state index in [9.17, 15) is 0 Å². The van der Waals surface area contributed by atoms with Gasteiger partial charge in [-0.1, -0.05) is 127 Å². The van der Waals surface area contributed by atoms with Crippen LogP contribution in [0.25, 0.3) is 86.7 Å². The fourth-order valence-corrected chi connectivity index (χ4v) is 7.56. The Labute approximate surface area is 264 Å². The van der Waals surface area contributed by atoms with Gasteiger partial charge in [0.1, 0.15) is 0 Å². The third-order valence-corrected chi connectivity index (χ3v) is 9.80. The molecule has 0 aliphatic carbocycles. The summed E-state index contributed by atoms with van der Waals surface area (Å²) in [4.78, 5) is 10.5. The number of aromatic nitrogens is 2. The van der Waals surface area contributed by atoms with Gasteiger partial charge in [-0.25, -0.2) is 9.97 Å². The second-order valence-corrected chi connectivity index (χ2v) is 12.5. The van der Waals surface area contributed by atoms with Gasteiger partial charge in [-0.05, 0) is 63.4 Å². The van der Waals surface area contributed by atoms with Gasteiger partial charge in [-0.15, -0.1) is 11.3 Å². The van der Waals surface area contributed by atoms with Crippen molar-refractivity contribution in [2.75, 3.05) is 0 Å². The average molecular weight is 591 g/mol. The Morgan fingerprint density at radius 1 is 0.378 bits per heavy atom. The van der Waals surface area contributed by atoms with Crippen molar-refractivity contribution in [2.24, 2.45) is 0 Å². The Balaban J connectivity index is 1.14. The van der Waals surface area contributed by atoms with Crippen LogP contribution in [0.15, 0.2) is 158 Å². The zero-order valence-electron chi connectivity index (χ0n) is 24.3. The fraction of sp³-hybridized carbons (Fsp3) is 0. The molecule has 0 spiro atoms. The summed E-state index contributed by atoms with van der Waals surface area (Å²) in [5.74, 6) is 0. The maximum atomic E-state index is 5.25. The van der Waals surface area contributed by atoms with Crippen molar-refractivity contribution < 1.29 is 0 Å². The van der Waals surface area contributed by atoms with Crippen LogP contribution in [0.3, 0.4) is 0 Å². The highest BCUT2D eigenvalue weighted by atomic mass is 32.1. The topological polar surface area (TPSA) is 25.8 Å². The maximum Gasteiger partial charge on any atom is 0.0973 e. The first-order valence-electron chi connectivity index (χ1n) is 15.2. The molecule has 0 amide bonds. The number of hydrogen-bond acceptors (Lipinski definition) is 3. The van der Waals surface area contributed by atoms with Crippen molar-refractivity contribution >= 4 is 53.3 Å². The molecule has 45 heavy (non-hydrogen) atoms. The van der Waals surface area contributed by atoms with Crippen LogP contribution in [-0.2, 0) is 0 Å². The number of hydrogen-bond donors (Lipinski definition) is 0.